The molecule has 1 heterocycles. The standard InChI is InChI=1S/C9H12N2/c1-4-8-7(2)5-11-6-9(8)10-3/h4-6,10H,1H2,2-3H3. The van der Waals surface area contributed by atoms with Crippen LogP contribution in [0.2, 0.25) is 0 Å². The molecule has 0 spiro atoms. The summed E-state index contributed by atoms with van der Waals surface area (Å²) < 4.78 is 0. The molecular weight excluding hydrogens is 136 g/mol. The number of rotatable bonds is 2. The lowest BCUT2D eigenvalue weighted by Crippen LogP contribution is -1.94. The highest BCUT2D eigenvalue weighted by molar-refractivity contribution is 5.66. The summed E-state index contributed by atoms with van der Waals surface area (Å²) in [6.45, 7) is 5.75. The van der Waals surface area contributed by atoms with E-state index in [2.05, 4.69) is 16.9 Å². The van der Waals surface area contributed by atoms with Gasteiger partial charge < -0.3 is 5.32 Å². The van der Waals surface area contributed by atoms with Crippen molar-refractivity contribution in [2.45, 2.75) is 6.92 Å². The van der Waals surface area contributed by atoms with Crippen molar-refractivity contribution in [3.8, 4) is 0 Å². The van der Waals surface area contributed by atoms with Gasteiger partial charge in [0.2, 0.25) is 0 Å². The normalized spacial score (nSPS) is 9.27. The average Bonchev–Trinajstić information content (AvgIpc) is 2.04. The molecule has 1 aromatic heterocycles. The first-order valence-corrected chi connectivity index (χ1v) is 3.54. The van der Waals surface area contributed by atoms with E-state index in [9.17, 15) is 0 Å². The Balaban J connectivity index is 3.24. The second-order valence-corrected chi connectivity index (χ2v) is 2.37. The molecule has 0 amide bonds. The molecule has 0 fully saturated rings. The van der Waals surface area contributed by atoms with E-state index in [0.29, 0.717) is 0 Å². The molecule has 0 saturated heterocycles. The number of nitrogens with zero attached hydrogens (tertiary/aromatic N) is 1. The number of pyridine rings is 1. The van der Waals surface area contributed by atoms with Crippen LogP contribution in [-0.2, 0) is 0 Å². The van der Waals surface area contributed by atoms with Crippen LogP contribution < -0.4 is 5.32 Å². The molecule has 0 bridgehead atoms. The van der Waals surface area contributed by atoms with Crippen molar-refractivity contribution in [2.75, 3.05) is 12.4 Å². The Morgan fingerprint density at radius 3 is 2.73 bits per heavy atom. The molecule has 1 rings (SSSR count). The van der Waals surface area contributed by atoms with Crippen molar-refractivity contribution in [3.05, 3.63) is 30.1 Å². The van der Waals surface area contributed by atoms with Crippen LogP contribution >= 0.6 is 0 Å². The van der Waals surface area contributed by atoms with E-state index in [1.54, 1.807) is 6.20 Å². The Hall–Kier alpha value is -1.31. The topological polar surface area (TPSA) is 24.9 Å². The van der Waals surface area contributed by atoms with E-state index in [0.717, 1.165) is 16.8 Å². The molecular formula is C9H12N2. The van der Waals surface area contributed by atoms with Gasteiger partial charge in [0.05, 0.1) is 11.9 Å². The van der Waals surface area contributed by atoms with Gasteiger partial charge in [-0.3, -0.25) is 4.98 Å². The van der Waals surface area contributed by atoms with E-state index in [-0.39, 0.29) is 0 Å². The first-order chi connectivity index (χ1) is 5.29. The quantitative estimate of drug-likeness (QED) is 0.694. The van der Waals surface area contributed by atoms with Crippen LogP contribution in [0.4, 0.5) is 5.69 Å². The molecule has 0 radical (unpaired) electrons. The summed E-state index contributed by atoms with van der Waals surface area (Å²) in [6, 6.07) is 0. The molecule has 2 heteroatoms. The van der Waals surface area contributed by atoms with Crippen LogP contribution in [0, 0.1) is 6.92 Å². The van der Waals surface area contributed by atoms with Crippen molar-refractivity contribution in [2.24, 2.45) is 0 Å². The lowest BCUT2D eigenvalue weighted by atomic mass is 10.1. The number of aromatic nitrogens is 1. The Bertz CT molecular complexity index is 266. The van der Waals surface area contributed by atoms with Gasteiger partial charge in [0.25, 0.3) is 0 Å². The van der Waals surface area contributed by atoms with Gasteiger partial charge in [0.1, 0.15) is 0 Å². The largest absolute Gasteiger partial charge is 0.386 e. The SMILES string of the molecule is C=Cc1c(C)cncc1NC. The number of hydrogen-bond donors (Lipinski definition) is 1. The zero-order chi connectivity index (χ0) is 8.27. The van der Waals surface area contributed by atoms with Gasteiger partial charge in [0, 0.05) is 18.8 Å². The fourth-order valence-corrected chi connectivity index (χ4v) is 1.05. The highest BCUT2D eigenvalue weighted by atomic mass is 14.8. The van der Waals surface area contributed by atoms with Crippen LogP contribution in [0.25, 0.3) is 6.08 Å². The monoisotopic (exact) mass is 148 g/mol. The fourth-order valence-electron chi connectivity index (χ4n) is 1.05. The summed E-state index contributed by atoms with van der Waals surface area (Å²) in [4.78, 5) is 4.05. The third kappa shape index (κ3) is 1.40. The van der Waals surface area contributed by atoms with Crippen molar-refractivity contribution in [3.63, 3.8) is 0 Å². The van der Waals surface area contributed by atoms with Gasteiger partial charge in [-0.15, -0.1) is 0 Å². The number of anilines is 1. The summed E-state index contributed by atoms with van der Waals surface area (Å²) in [5.41, 5.74) is 3.30. The zero-order valence-corrected chi connectivity index (χ0v) is 6.89. The van der Waals surface area contributed by atoms with Crippen molar-refractivity contribution in [1.82, 2.24) is 4.98 Å². The van der Waals surface area contributed by atoms with E-state index in [1.807, 2.05) is 26.2 Å². The summed E-state index contributed by atoms with van der Waals surface area (Å²) in [5, 5.41) is 3.05. The van der Waals surface area contributed by atoms with Crippen molar-refractivity contribution >= 4 is 11.8 Å². The molecule has 1 aromatic rings. The molecule has 1 N–H and O–H groups in total. The van der Waals surface area contributed by atoms with Gasteiger partial charge in [-0.1, -0.05) is 12.7 Å². The molecule has 11 heavy (non-hydrogen) atoms. The third-order valence-corrected chi connectivity index (χ3v) is 1.66. The number of aryl methyl sites for hydroxylation is 1. The minimum absolute atomic E-state index is 1.03. The molecule has 2 nitrogen and oxygen atoms in total. The fraction of sp³-hybridized carbons (Fsp3) is 0.222. The summed E-state index contributed by atoms with van der Waals surface area (Å²) in [7, 11) is 1.88. The van der Waals surface area contributed by atoms with Crippen LogP contribution in [0.3, 0.4) is 0 Å². The Labute approximate surface area is 67.0 Å². The smallest absolute Gasteiger partial charge is 0.0600 e. The molecule has 0 aromatic carbocycles. The highest BCUT2D eigenvalue weighted by Crippen LogP contribution is 2.17. The summed E-state index contributed by atoms with van der Waals surface area (Å²) in [5.74, 6) is 0. The molecule has 0 aliphatic rings. The molecule has 0 saturated carbocycles. The van der Waals surface area contributed by atoms with Gasteiger partial charge >= 0.3 is 0 Å². The lowest BCUT2D eigenvalue weighted by molar-refractivity contribution is 1.25. The van der Waals surface area contributed by atoms with E-state index in [4.69, 9.17) is 0 Å². The maximum Gasteiger partial charge on any atom is 0.0600 e. The minimum atomic E-state index is 1.03. The Morgan fingerprint density at radius 2 is 2.27 bits per heavy atom. The summed E-state index contributed by atoms with van der Waals surface area (Å²) >= 11 is 0. The minimum Gasteiger partial charge on any atom is -0.386 e. The van der Waals surface area contributed by atoms with Crippen LogP contribution in [0.1, 0.15) is 11.1 Å². The maximum absolute atomic E-state index is 4.05. The molecule has 58 valence electrons. The van der Waals surface area contributed by atoms with Crippen LogP contribution in [-0.4, -0.2) is 12.0 Å². The van der Waals surface area contributed by atoms with Gasteiger partial charge in [0.15, 0.2) is 0 Å². The first kappa shape index (κ1) is 7.79. The van der Waals surface area contributed by atoms with Crippen LogP contribution in [0.5, 0.6) is 0 Å². The lowest BCUT2D eigenvalue weighted by Gasteiger charge is -2.06. The number of hydrogen-bond acceptors (Lipinski definition) is 2. The first-order valence-electron chi connectivity index (χ1n) is 3.54. The highest BCUT2D eigenvalue weighted by Gasteiger charge is 1.98. The van der Waals surface area contributed by atoms with E-state index in [1.165, 1.54) is 0 Å². The molecule has 0 atom stereocenters. The second-order valence-electron chi connectivity index (χ2n) is 2.37. The number of nitrogens with one attached hydrogen (secondary N) is 1. The Morgan fingerprint density at radius 1 is 1.55 bits per heavy atom. The van der Waals surface area contributed by atoms with Gasteiger partial charge in [-0.05, 0) is 12.5 Å². The molecule has 0 unspecified atom stereocenters. The van der Waals surface area contributed by atoms with Gasteiger partial charge in [-0.25, -0.2) is 0 Å². The second kappa shape index (κ2) is 3.19. The predicted octanol–water partition coefficient (Wildman–Crippen LogP) is 2.07. The van der Waals surface area contributed by atoms with Crippen molar-refractivity contribution in [1.29, 1.82) is 0 Å². The third-order valence-electron chi connectivity index (χ3n) is 1.66. The van der Waals surface area contributed by atoms with Gasteiger partial charge in [-0.2, -0.15) is 0 Å². The van der Waals surface area contributed by atoms with Crippen LogP contribution in [0.15, 0.2) is 19.0 Å². The predicted molar refractivity (Wildman–Crippen MR) is 48.6 cm³/mol. The maximum atomic E-state index is 4.05. The van der Waals surface area contributed by atoms with Crippen molar-refractivity contribution < 1.29 is 0 Å². The Kier molecular flexibility index (Phi) is 2.26. The van der Waals surface area contributed by atoms with E-state index < -0.39 is 0 Å². The average molecular weight is 148 g/mol. The van der Waals surface area contributed by atoms with E-state index >= 15 is 0 Å². The zero-order valence-electron chi connectivity index (χ0n) is 6.89. The summed E-state index contributed by atoms with van der Waals surface area (Å²) in [6.07, 6.45) is 5.46. The molecule has 0 aliphatic carbocycles. The molecule has 0 aliphatic heterocycles.